The lowest BCUT2D eigenvalue weighted by Crippen LogP contribution is -2.39. The van der Waals surface area contributed by atoms with Crippen molar-refractivity contribution in [3.05, 3.63) is 120 Å². The summed E-state index contributed by atoms with van der Waals surface area (Å²) in [5.74, 6) is 0.535. The SMILES string of the molecule is C=CCOC(=O)C1=C(C)N=c2sc(=Cc3ccc(-c4ccc(Cl)c(Cl)c4)o3)c(=O)n2C1c1ccc(SC)cc1. The Morgan fingerprint density at radius 1 is 1.18 bits per heavy atom. The number of aromatic nitrogens is 1. The third-order valence-electron chi connectivity index (χ3n) is 6.11. The minimum absolute atomic E-state index is 0.0534. The molecule has 10 heteroatoms. The summed E-state index contributed by atoms with van der Waals surface area (Å²) in [5, 5.41) is 0.873. The van der Waals surface area contributed by atoms with Crippen molar-refractivity contribution in [2.45, 2.75) is 17.9 Å². The van der Waals surface area contributed by atoms with Gasteiger partial charge in [0.05, 0.1) is 31.9 Å². The Bertz CT molecular complexity index is 1800. The van der Waals surface area contributed by atoms with Gasteiger partial charge < -0.3 is 9.15 Å². The van der Waals surface area contributed by atoms with E-state index in [-0.39, 0.29) is 12.2 Å². The highest BCUT2D eigenvalue weighted by Gasteiger charge is 2.33. The molecule has 0 radical (unpaired) electrons. The van der Waals surface area contributed by atoms with Crippen molar-refractivity contribution in [2.75, 3.05) is 12.9 Å². The zero-order valence-corrected chi connectivity index (χ0v) is 24.1. The van der Waals surface area contributed by atoms with Gasteiger partial charge in [-0.25, -0.2) is 9.79 Å². The van der Waals surface area contributed by atoms with Crippen molar-refractivity contribution < 1.29 is 13.9 Å². The van der Waals surface area contributed by atoms with Crippen LogP contribution in [0.2, 0.25) is 10.0 Å². The summed E-state index contributed by atoms with van der Waals surface area (Å²) in [6.45, 7) is 5.42. The zero-order chi connectivity index (χ0) is 27.7. The summed E-state index contributed by atoms with van der Waals surface area (Å²) in [6, 6.07) is 15.9. The predicted molar refractivity (Wildman–Crippen MR) is 157 cm³/mol. The number of nitrogens with zero attached hydrogens (tertiary/aromatic N) is 2. The van der Waals surface area contributed by atoms with Crippen molar-refractivity contribution in [2.24, 2.45) is 4.99 Å². The molecule has 1 aliphatic heterocycles. The monoisotopic (exact) mass is 596 g/mol. The Kier molecular flexibility index (Phi) is 8.00. The molecule has 4 aromatic rings. The van der Waals surface area contributed by atoms with Gasteiger partial charge in [0, 0.05) is 16.5 Å². The fourth-order valence-electron chi connectivity index (χ4n) is 4.26. The van der Waals surface area contributed by atoms with Crippen molar-refractivity contribution in [3.63, 3.8) is 0 Å². The molecule has 0 N–H and O–H groups in total. The number of rotatable bonds is 7. The molecule has 3 heterocycles. The molecule has 1 aliphatic rings. The van der Waals surface area contributed by atoms with Gasteiger partial charge in [-0.05, 0) is 61.2 Å². The Morgan fingerprint density at radius 3 is 2.64 bits per heavy atom. The van der Waals surface area contributed by atoms with E-state index in [2.05, 4.69) is 11.6 Å². The average Bonchev–Trinajstić information content (AvgIpc) is 3.52. The Hall–Kier alpha value is -3.30. The number of fused-ring (bicyclic) bond motifs is 1. The summed E-state index contributed by atoms with van der Waals surface area (Å²) in [4.78, 5) is 33.1. The number of allylic oxidation sites excluding steroid dienone is 1. The van der Waals surface area contributed by atoms with Crippen LogP contribution in [-0.4, -0.2) is 23.4 Å². The summed E-state index contributed by atoms with van der Waals surface area (Å²) in [5.41, 5.74) is 2.06. The van der Waals surface area contributed by atoms with E-state index >= 15 is 0 Å². The minimum atomic E-state index is -0.694. The van der Waals surface area contributed by atoms with E-state index in [1.54, 1.807) is 53.6 Å². The molecule has 0 amide bonds. The number of furan rings is 1. The van der Waals surface area contributed by atoms with E-state index in [4.69, 9.17) is 32.4 Å². The standard InChI is InChI=1S/C29H22Cl2N2O4S2/c1-4-13-36-28(35)25-16(2)32-29-33(26(25)17-5-9-20(38-3)10-6-17)27(34)24(39-29)15-19-8-12-23(37-19)18-7-11-21(30)22(31)14-18/h4-12,14-15,26H,1,13H2,2-3H3. The molecule has 0 saturated carbocycles. The molecule has 2 aromatic carbocycles. The van der Waals surface area contributed by atoms with Crippen LogP contribution in [0, 0.1) is 0 Å². The van der Waals surface area contributed by atoms with Crippen LogP contribution in [0.4, 0.5) is 0 Å². The highest BCUT2D eigenvalue weighted by Crippen LogP contribution is 2.32. The van der Waals surface area contributed by atoms with Gasteiger partial charge >= 0.3 is 5.97 Å². The van der Waals surface area contributed by atoms with Gasteiger partial charge in [-0.3, -0.25) is 9.36 Å². The van der Waals surface area contributed by atoms with E-state index in [9.17, 15) is 9.59 Å². The van der Waals surface area contributed by atoms with E-state index < -0.39 is 12.0 Å². The lowest BCUT2D eigenvalue weighted by Gasteiger charge is -2.24. The number of hydrogen-bond donors (Lipinski definition) is 0. The topological polar surface area (TPSA) is 73.8 Å². The van der Waals surface area contributed by atoms with Crippen molar-refractivity contribution in [1.82, 2.24) is 4.57 Å². The molecule has 0 bridgehead atoms. The van der Waals surface area contributed by atoms with Crippen molar-refractivity contribution in [3.8, 4) is 11.3 Å². The van der Waals surface area contributed by atoms with Gasteiger partial charge in [0.25, 0.3) is 5.56 Å². The number of benzene rings is 2. The maximum atomic E-state index is 13.8. The number of thiazole rings is 1. The van der Waals surface area contributed by atoms with Gasteiger partial charge in [-0.15, -0.1) is 11.8 Å². The fraction of sp³-hybridized carbons (Fsp3) is 0.138. The van der Waals surface area contributed by atoms with E-state index in [0.29, 0.717) is 42.2 Å². The van der Waals surface area contributed by atoms with E-state index in [0.717, 1.165) is 16.0 Å². The number of esters is 1. The van der Waals surface area contributed by atoms with E-state index in [1.165, 1.54) is 17.4 Å². The molecule has 0 fully saturated rings. The molecule has 0 saturated heterocycles. The molecular formula is C29H22Cl2N2O4S2. The van der Waals surface area contributed by atoms with Crippen molar-refractivity contribution >= 4 is 58.3 Å². The minimum Gasteiger partial charge on any atom is -0.458 e. The first-order valence-electron chi connectivity index (χ1n) is 11.8. The number of hydrogen-bond acceptors (Lipinski definition) is 7. The highest BCUT2D eigenvalue weighted by molar-refractivity contribution is 7.98. The van der Waals surface area contributed by atoms with Gasteiger partial charge in [-0.1, -0.05) is 59.3 Å². The summed E-state index contributed by atoms with van der Waals surface area (Å²) < 4.78 is 13.3. The smallest absolute Gasteiger partial charge is 0.338 e. The van der Waals surface area contributed by atoms with Crippen LogP contribution >= 0.6 is 46.3 Å². The zero-order valence-electron chi connectivity index (χ0n) is 20.9. The lowest BCUT2D eigenvalue weighted by molar-refractivity contribution is -0.138. The highest BCUT2D eigenvalue weighted by atomic mass is 35.5. The Morgan fingerprint density at radius 2 is 1.95 bits per heavy atom. The number of carbonyl (C=O) groups is 1. The summed E-state index contributed by atoms with van der Waals surface area (Å²) in [6.07, 6.45) is 5.16. The maximum absolute atomic E-state index is 13.8. The Labute approximate surface area is 242 Å². The summed E-state index contributed by atoms with van der Waals surface area (Å²) >= 11 is 15.0. The number of halogens is 2. The number of thioether (sulfide) groups is 1. The predicted octanol–water partition coefficient (Wildman–Crippen LogP) is 6.25. The molecule has 39 heavy (non-hydrogen) atoms. The average molecular weight is 598 g/mol. The van der Waals surface area contributed by atoms with Crippen LogP contribution in [-0.2, 0) is 9.53 Å². The molecule has 2 aromatic heterocycles. The second-order valence-corrected chi connectivity index (χ2v) is 11.3. The number of carbonyl (C=O) groups excluding carboxylic acids is 1. The van der Waals surface area contributed by atoms with Crippen LogP contribution in [0.25, 0.3) is 17.4 Å². The normalized spacial score (nSPS) is 15.2. The fourth-order valence-corrected chi connectivity index (χ4v) is 5.99. The van der Waals surface area contributed by atoms with Crippen LogP contribution in [0.1, 0.15) is 24.3 Å². The quantitative estimate of drug-likeness (QED) is 0.143. The molecule has 0 spiro atoms. The van der Waals surface area contributed by atoms with Crippen LogP contribution in [0.15, 0.2) is 97.6 Å². The van der Waals surface area contributed by atoms with Gasteiger partial charge in [0.15, 0.2) is 4.80 Å². The van der Waals surface area contributed by atoms with Crippen molar-refractivity contribution in [1.29, 1.82) is 0 Å². The maximum Gasteiger partial charge on any atom is 0.338 e. The molecule has 1 atom stereocenters. The third-order valence-corrected chi connectivity index (χ3v) is 8.58. The molecular weight excluding hydrogens is 575 g/mol. The first kappa shape index (κ1) is 27.3. The van der Waals surface area contributed by atoms with E-state index in [1.807, 2.05) is 36.6 Å². The largest absolute Gasteiger partial charge is 0.458 e. The second-order valence-electron chi connectivity index (χ2n) is 8.57. The van der Waals surface area contributed by atoms with Gasteiger partial charge in [-0.2, -0.15) is 0 Å². The summed E-state index contributed by atoms with van der Waals surface area (Å²) in [7, 11) is 0. The lowest BCUT2D eigenvalue weighted by atomic mass is 9.96. The van der Waals surface area contributed by atoms with Crippen LogP contribution in [0.5, 0.6) is 0 Å². The van der Waals surface area contributed by atoms with Gasteiger partial charge in [0.2, 0.25) is 0 Å². The first-order valence-corrected chi connectivity index (χ1v) is 14.6. The number of ether oxygens (including phenoxy) is 1. The van der Waals surface area contributed by atoms with Gasteiger partial charge in [0.1, 0.15) is 18.1 Å². The second kappa shape index (κ2) is 11.4. The third kappa shape index (κ3) is 5.43. The molecule has 6 nitrogen and oxygen atoms in total. The van der Waals surface area contributed by atoms with Crippen LogP contribution in [0.3, 0.4) is 0 Å². The molecule has 5 rings (SSSR count). The molecule has 0 aliphatic carbocycles. The first-order chi connectivity index (χ1) is 18.8. The molecule has 198 valence electrons. The Balaban J connectivity index is 1.61. The van der Waals surface area contributed by atoms with Crippen LogP contribution < -0.4 is 14.9 Å². The molecule has 1 unspecified atom stereocenters.